The fourth-order valence-corrected chi connectivity index (χ4v) is 3.95. The Kier molecular flexibility index (Phi) is 4.90. The van der Waals surface area contributed by atoms with Crippen molar-refractivity contribution in [3.05, 3.63) is 30.1 Å². The van der Waals surface area contributed by atoms with Crippen LogP contribution < -0.4 is 0 Å². The second-order valence-corrected chi connectivity index (χ2v) is 6.85. The van der Waals surface area contributed by atoms with Gasteiger partial charge in [0.1, 0.15) is 0 Å². The second kappa shape index (κ2) is 6.45. The van der Waals surface area contributed by atoms with Crippen LogP contribution in [0.3, 0.4) is 0 Å². The topological polar surface area (TPSA) is 70.5 Å². The first-order valence-corrected chi connectivity index (χ1v) is 8.24. The fourth-order valence-electron chi connectivity index (χ4n) is 2.22. The molecule has 5 nitrogen and oxygen atoms in total. The lowest BCUT2D eigenvalue weighted by atomic mass is 9.93. The number of hydrogen-bond donors (Lipinski definition) is 1. The number of rotatable bonds is 7. The van der Waals surface area contributed by atoms with Crippen LogP contribution in [0.1, 0.15) is 25.0 Å². The number of nitrogens with zero attached hydrogens (tertiary/aromatic N) is 2. The van der Waals surface area contributed by atoms with Crippen LogP contribution in [-0.4, -0.2) is 47.8 Å². The van der Waals surface area contributed by atoms with E-state index < -0.39 is 10.0 Å². The molecule has 1 aromatic rings. The number of aromatic nitrogens is 1. The molecule has 0 radical (unpaired) electrons. The first-order valence-electron chi connectivity index (χ1n) is 6.64. The Bertz CT molecular complexity index is 486. The third-order valence-electron chi connectivity index (χ3n) is 3.50. The lowest BCUT2D eigenvalue weighted by molar-refractivity contribution is 0.178. The molecule has 2 rings (SSSR count). The van der Waals surface area contributed by atoms with Gasteiger partial charge in [0.05, 0.1) is 12.4 Å². The smallest absolute Gasteiger partial charge is 0.214 e. The van der Waals surface area contributed by atoms with Gasteiger partial charge in [0.15, 0.2) is 0 Å². The lowest BCUT2D eigenvalue weighted by Crippen LogP contribution is -2.46. The maximum atomic E-state index is 12.3. The third kappa shape index (κ3) is 3.75. The summed E-state index contributed by atoms with van der Waals surface area (Å²) in [7, 11) is -3.31. The Morgan fingerprint density at radius 3 is 2.68 bits per heavy atom. The molecule has 0 amide bonds. The Balaban J connectivity index is 1.99. The predicted molar refractivity (Wildman–Crippen MR) is 73.2 cm³/mol. The molecule has 1 heterocycles. The molecule has 0 unspecified atom stereocenters. The molecule has 0 bridgehead atoms. The molecule has 1 aromatic heterocycles. The van der Waals surface area contributed by atoms with Gasteiger partial charge in [-0.2, -0.15) is 4.31 Å². The summed E-state index contributed by atoms with van der Waals surface area (Å²) in [4.78, 5) is 4.13. The quantitative estimate of drug-likeness (QED) is 0.804. The van der Waals surface area contributed by atoms with Gasteiger partial charge in [0, 0.05) is 30.9 Å². The van der Waals surface area contributed by atoms with Crippen molar-refractivity contribution in [1.29, 1.82) is 0 Å². The van der Waals surface area contributed by atoms with Gasteiger partial charge in [0.25, 0.3) is 0 Å². The molecular formula is C13H20N2O3S. The van der Waals surface area contributed by atoms with Crippen LogP contribution in [-0.2, 0) is 16.4 Å². The van der Waals surface area contributed by atoms with Gasteiger partial charge in [0.2, 0.25) is 10.0 Å². The highest BCUT2D eigenvalue weighted by atomic mass is 32.2. The first kappa shape index (κ1) is 14.4. The molecule has 106 valence electrons. The molecule has 1 aliphatic rings. The number of sulfonamides is 1. The Morgan fingerprint density at radius 1 is 1.37 bits per heavy atom. The molecule has 0 aromatic carbocycles. The van der Waals surface area contributed by atoms with Gasteiger partial charge in [-0.3, -0.25) is 4.98 Å². The number of aliphatic hydroxyl groups excluding tert-OH is 1. The van der Waals surface area contributed by atoms with Crippen LogP contribution in [0.5, 0.6) is 0 Å². The highest BCUT2D eigenvalue weighted by Crippen LogP contribution is 2.27. The van der Waals surface area contributed by atoms with E-state index in [4.69, 9.17) is 5.11 Å². The summed E-state index contributed by atoms with van der Waals surface area (Å²) < 4.78 is 26.1. The average Bonchev–Trinajstić information content (AvgIpc) is 2.35. The molecule has 0 spiro atoms. The number of aliphatic hydroxyl groups is 1. The van der Waals surface area contributed by atoms with Crippen LogP contribution in [0.15, 0.2) is 24.4 Å². The zero-order valence-electron chi connectivity index (χ0n) is 10.9. The number of hydrogen-bond acceptors (Lipinski definition) is 4. The highest BCUT2D eigenvalue weighted by molar-refractivity contribution is 7.89. The summed E-state index contributed by atoms with van der Waals surface area (Å²) in [5.74, 6) is 0.0561. The van der Waals surface area contributed by atoms with E-state index in [1.807, 2.05) is 18.2 Å². The average molecular weight is 284 g/mol. The van der Waals surface area contributed by atoms with Crippen molar-refractivity contribution in [1.82, 2.24) is 9.29 Å². The number of aryl methyl sites for hydroxylation is 1. The van der Waals surface area contributed by atoms with Gasteiger partial charge in [-0.25, -0.2) is 8.42 Å². The Morgan fingerprint density at radius 2 is 2.16 bits per heavy atom. The molecule has 1 aliphatic carbocycles. The van der Waals surface area contributed by atoms with Crippen LogP contribution in [0.25, 0.3) is 0 Å². The van der Waals surface area contributed by atoms with Crippen molar-refractivity contribution in [3.8, 4) is 0 Å². The fraction of sp³-hybridized carbons (Fsp3) is 0.615. The van der Waals surface area contributed by atoms with Gasteiger partial charge in [-0.15, -0.1) is 0 Å². The van der Waals surface area contributed by atoms with E-state index >= 15 is 0 Å². The summed E-state index contributed by atoms with van der Waals surface area (Å²) in [6, 6.07) is 5.58. The van der Waals surface area contributed by atoms with Crippen LogP contribution >= 0.6 is 0 Å². The number of pyridine rings is 1. The van der Waals surface area contributed by atoms with Gasteiger partial charge in [-0.1, -0.05) is 12.5 Å². The van der Waals surface area contributed by atoms with E-state index in [2.05, 4.69) is 4.98 Å². The van der Waals surface area contributed by atoms with Gasteiger partial charge < -0.3 is 5.11 Å². The van der Waals surface area contributed by atoms with Crippen molar-refractivity contribution >= 4 is 10.0 Å². The summed E-state index contributed by atoms with van der Waals surface area (Å²) in [5, 5.41) is 9.04. The summed E-state index contributed by atoms with van der Waals surface area (Å²) in [6.07, 6.45) is 4.96. The summed E-state index contributed by atoms with van der Waals surface area (Å²) in [6.45, 7) is 0.0779. The monoisotopic (exact) mass is 284 g/mol. The molecule has 0 saturated heterocycles. The maximum Gasteiger partial charge on any atom is 0.214 e. The van der Waals surface area contributed by atoms with Crippen molar-refractivity contribution in [2.45, 2.75) is 31.7 Å². The predicted octanol–water partition coefficient (Wildman–Crippen LogP) is 0.801. The Labute approximate surface area is 114 Å². The molecule has 1 saturated carbocycles. The van der Waals surface area contributed by atoms with Gasteiger partial charge in [-0.05, 0) is 25.0 Å². The first-order chi connectivity index (χ1) is 9.13. The summed E-state index contributed by atoms with van der Waals surface area (Å²) in [5.41, 5.74) is 0.781. The molecule has 6 heteroatoms. The third-order valence-corrected chi connectivity index (χ3v) is 5.42. The van der Waals surface area contributed by atoms with Crippen LogP contribution in [0.4, 0.5) is 0 Å². The van der Waals surface area contributed by atoms with E-state index in [9.17, 15) is 8.42 Å². The zero-order chi connectivity index (χ0) is 13.7. The minimum absolute atomic E-state index is 0.0561. The lowest BCUT2D eigenvalue weighted by Gasteiger charge is -2.36. The molecule has 19 heavy (non-hydrogen) atoms. The van der Waals surface area contributed by atoms with Crippen molar-refractivity contribution in [2.24, 2.45) is 0 Å². The normalized spacial score (nSPS) is 16.5. The van der Waals surface area contributed by atoms with E-state index in [1.165, 1.54) is 4.31 Å². The van der Waals surface area contributed by atoms with Crippen LogP contribution in [0, 0.1) is 0 Å². The van der Waals surface area contributed by atoms with E-state index in [-0.39, 0.29) is 24.9 Å². The zero-order valence-corrected chi connectivity index (χ0v) is 11.7. The molecular weight excluding hydrogens is 264 g/mol. The van der Waals surface area contributed by atoms with E-state index in [1.54, 1.807) is 6.20 Å². The molecule has 1 fully saturated rings. The summed E-state index contributed by atoms with van der Waals surface area (Å²) >= 11 is 0. The van der Waals surface area contributed by atoms with Crippen LogP contribution in [0.2, 0.25) is 0 Å². The van der Waals surface area contributed by atoms with E-state index in [0.29, 0.717) is 6.42 Å². The minimum Gasteiger partial charge on any atom is -0.395 e. The highest BCUT2D eigenvalue weighted by Gasteiger charge is 2.32. The minimum atomic E-state index is -3.31. The molecule has 1 N–H and O–H groups in total. The van der Waals surface area contributed by atoms with Gasteiger partial charge >= 0.3 is 0 Å². The maximum absolute atomic E-state index is 12.3. The molecule has 0 atom stereocenters. The second-order valence-electron chi connectivity index (χ2n) is 4.81. The van der Waals surface area contributed by atoms with E-state index in [0.717, 1.165) is 25.0 Å². The van der Waals surface area contributed by atoms with Crippen molar-refractivity contribution < 1.29 is 13.5 Å². The standard InChI is InChI=1S/C13H20N2O3S/c16-10-9-15(13-5-3-6-13)19(17,18)11-7-12-4-1-2-8-14-12/h1-2,4,8,13,16H,3,5-7,9-11H2. The Hall–Kier alpha value is -0.980. The van der Waals surface area contributed by atoms with Crippen molar-refractivity contribution in [3.63, 3.8) is 0 Å². The largest absolute Gasteiger partial charge is 0.395 e. The van der Waals surface area contributed by atoms with Crippen molar-refractivity contribution in [2.75, 3.05) is 18.9 Å². The SMILES string of the molecule is O=S(=O)(CCc1ccccn1)N(CCO)C1CCC1. The molecule has 0 aliphatic heterocycles.